The molecule has 2 aromatic carbocycles. The zero-order valence-corrected chi connectivity index (χ0v) is 20.1. The standard InChI is InChI=1S/C26H19F3N4O3S/c1-35-14-36-22-11-16(26(27,28)29)7-8-18(22)21-12-19(15-4-2-5-17(31)10-15)20(13-30)24(32-21)33-25(34)23-6-3-9-37-23/h2-12H,14,31H2,1H3,(H,32,33,34). The van der Waals surface area contributed by atoms with Gasteiger partial charge in [0.25, 0.3) is 5.91 Å². The number of pyridine rings is 1. The van der Waals surface area contributed by atoms with E-state index in [1.165, 1.54) is 30.6 Å². The smallest absolute Gasteiger partial charge is 0.416 e. The van der Waals surface area contributed by atoms with Crippen LogP contribution in [0.5, 0.6) is 5.75 Å². The van der Waals surface area contributed by atoms with Gasteiger partial charge in [-0.15, -0.1) is 11.3 Å². The van der Waals surface area contributed by atoms with E-state index in [0.717, 1.165) is 12.1 Å². The van der Waals surface area contributed by atoms with Gasteiger partial charge >= 0.3 is 6.18 Å². The number of benzene rings is 2. The molecule has 0 bridgehead atoms. The monoisotopic (exact) mass is 524 g/mol. The van der Waals surface area contributed by atoms with Gasteiger partial charge in [-0.05, 0) is 53.4 Å². The highest BCUT2D eigenvalue weighted by Crippen LogP contribution is 2.39. The summed E-state index contributed by atoms with van der Waals surface area (Å²) in [5.74, 6) is -0.686. The highest BCUT2D eigenvalue weighted by atomic mass is 32.1. The molecule has 11 heteroatoms. The van der Waals surface area contributed by atoms with Crippen LogP contribution in [0.25, 0.3) is 22.4 Å². The maximum Gasteiger partial charge on any atom is 0.416 e. The highest BCUT2D eigenvalue weighted by Gasteiger charge is 2.32. The van der Waals surface area contributed by atoms with E-state index in [-0.39, 0.29) is 35.2 Å². The van der Waals surface area contributed by atoms with Gasteiger partial charge in [0.1, 0.15) is 17.4 Å². The number of halogens is 3. The van der Waals surface area contributed by atoms with Crippen molar-refractivity contribution in [3.05, 3.63) is 82.0 Å². The quantitative estimate of drug-likeness (QED) is 0.221. The molecule has 4 rings (SSSR count). The SMILES string of the molecule is COCOc1cc(C(F)(F)F)ccc1-c1cc(-c2cccc(N)c2)c(C#N)c(NC(=O)c2cccs2)n1. The number of ether oxygens (including phenoxy) is 2. The van der Waals surface area contributed by atoms with Gasteiger partial charge in [-0.25, -0.2) is 4.98 Å². The lowest BCUT2D eigenvalue weighted by Crippen LogP contribution is -2.14. The van der Waals surface area contributed by atoms with Gasteiger partial charge in [-0.2, -0.15) is 18.4 Å². The average Bonchev–Trinajstić information content (AvgIpc) is 3.41. The van der Waals surface area contributed by atoms with Gasteiger partial charge in [0, 0.05) is 23.9 Å². The van der Waals surface area contributed by atoms with Crippen LogP contribution in [0.4, 0.5) is 24.7 Å². The molecule has 3 N–H and O–H groups in total. The van der Waals surface area contributed by atoms with Gasteiger partial charge in [0.2, 0.25) is 0 Å². The zero-order valence-electron chi connectivity index (χ0n) is 19.3. The Morgan fingerprint density at radius 2 is 1.95 bits per heavy atom. The lowest BCUT2D eigenvalue weighted by molar-refractivity contribution is -0.137. The summed E-state index contributed by atoms with van der Waals surface area (Å²) in [7, 11) is 1.34. The Morgan fingerprint density at radius 1 is 1.14 bits per heavy atom. The van der Waals surface area contributed by atoms with E-state index in [4.69, 9.17) is 15.2 Å². The number of nitriles is 1. The van der Waals surface area contributed by atoms with Crippen molar-refractivity contribution in [2.45, 2.75) is 6.18 Å². The maximum atomic E-state index is 13.4. The summed E-state index contributed by atoms with van der Waals surface area (Å²) in [6, 6.07) is 16.6. The molecule has 2 aromatic heterocycles. The number of thiophene rings is 1. The minimum atomic E-state index is -4.60. The number of nitrogen functional groups attached to an aromatic ring is 1. The predicted molar refractivity (Wildman–Crippen MR) is 134 cm³/mol. The molecule has 188 valence electrons. The summed E-state index contributed by atoms with van der Waals surface area (Å²) in [6.07, 6.45) is -4.60. The third-order valence-electron chi connectivity index (χ3n) is 5.22. The molecular weight excluding hydrogens is 505 g/mol. The summed E-state index contributed by atoms with van der Waals surface area (Å²) >= 11 is 1.20. The predicted octanol–water partition coefficient (Wildman–Crippen LogP) is 6.18. The van der Waals surface area contributed by atoms with Gasteiger partial charge in [-0.1, -0.05) is 18.2 Å². The molecule has 0 saturated carbocycles. The Hall–Kier alpha value is -4.40. The molecule has 0 spiro atoms. The second-order valence-corrected chi connectivity index (χ2v) is 8.65. The van der Waals surface area contributed by atoms with Crippen LogP contribution < -0.4 is 15.8 Å². The number of anilines is 2. The van der Waals surface area contributed by atoms with Gasteiger partial charge < -0.3 is 20.5 Å². The van der Waals surface area contributed by atoms with Crippen LogP contribution in [0.2, 0.25) is 0 Å². The molecule has 0 aliphatic heterocycles. The van der Waals surface area contributed by atoms with Gasteiger partial charge in [0.15, 0.2) is 12.6 Å². The van der Waals surface area contributed by atoms with Crippen LogP contribution in [-0.2, 0) is 10.9 Å². The normalized spacial score (nSPS) is 11.1. The molecule has 0 atom stereocenters. The van der Waals surface area contributed by atoms with E-state index in [1.807, 2.05) is 0 Å². The van der Waals surface area contributed by atoms with E-state index in [1.54, 1.807) is 41.8 Å². The van der Waals surface area contributed by atoms with Crippen LogP contribution in [-0.4, -0.2) is 24.8 Å². The van der Waals surface area contributed by atoms with Crippen molar-refractivity contribution in [1.82, 2.24) is 4.98 Å². The third-order valence-corrected chi connectivity index (χ3v) is 6.09. The first-order valence-corrected chi connectivity index (χ1v) is 11.6. The van der Waals surface area contributed by atoms with Crippen molar-refractivity contribution in [2.24, 2.45) is 0 Å². The fourth-order valence-electron chi connectivity index (χ4n) is 3.55. The molecule has 0 aliphatic rings. The number of rotatable bonds is 7. The number of nitrogens with two attached hydrogens (primary N) is 1. The second kappa shape index (κ2) is 10.7. The number of nitrogens with zero attached hydrogens (tertiary/aromatic N) is 2. The number of nitrogens with one attached hydrogen (secondary N) is 1. The van der Waals surface area contributed by atoms with Crippen LogP contribution >= 0.6 is 11.3 Å². The number of carbonyl (C=O) groups excluding carboxylic acids is 1. The van der Waals surface area contributed by atoms with Crippen LogP contribution in [0, 0.1) is 11.3 Å². The summed E-state index contributed by atoms with van der Waals surface area (Å²) in [5, 5.41) is 14.4. The number of hydrogen-bond donors (Lipinski definition) is 2. The van der Waals surface area contributed by atoms with Crippen LogP contribution in [0.3, 0.4) is 0 Å². The first-order valence-electron chi connectivity index (χ1n) is 10.7. The van der Waals surface area contributed by atoms with Crippen LogP contribution in [0.1, 0.15) is 20.8 Å². The summed E-state index contributed by atoms with van der Waals surface area (Å²) < 4.78 is 50.5. The van der Waals surface area contributed by atoms with E-state index in [2.05, 4.69) is 16.4 Å². The first kappa shape index (κ1) is 25.7. The van der Waals surface area contributed by atoms with Gasteiger partial charge in [-0.3, -0.25) is 4.79 Å². The van der Waals surface area contributed by atoms with Crippen molar-refractivity contribution in [2.75, 3.05) is 25.0 Å². The fourth-order valence-corrected chi connectivity index (χ4v) is 4.17. The minimum Gasteiger partial charge on any atom is -0.467 e. The molecule has 1 amide bonds. The number of methoxy groups -OCH3 is 1. The molecule has 0 unspecified atom stereocenters. The molecule has 0 radical (unpaired) electrons. The Kier molecular flexibility index (Phi) is 7.42. The number of alkyl halides is 3. The molecule has 2 heterocycles. The molecule has 0 saturated heterocycles. The zero-order chi connectivity index (χ0) is 26.6. The number of carbonyl (C=O) groups is 1. The van der Waals surface area contributed by atoms with Gasteiger partial charge in [0.05, 0.1) is 16.1 Å². The molecular formula is C26H19F3N4O3S. The van der Waals surface area contributed by atoms with Crippen molar-refractivity contribution >= 4 is 28.7 Å². The van der Waals surface area contributed by atoms with E-state index < -0.39 is 17.6 Å². The Morgan fingerprint density at radius 3 is 2.59 bits per heavy atom. The minimum absolute atomic E-state index is 0.0607. The van der Waals surface area contributed by atoms with Crippen molar-refractivity contribution in [1.29, 1.82) is 5.26 Å². The summed E-state index contributed by atoms with van der Waals surface area (Å²) in [6.45, 7) is -0.311. The van der Waals surface area contributed by atoms with Crippen molar-refractivity contribution in [3.8, 4) is 34.2 Å². The summed E-state index contributed by atoms with van der Waals surface area (Å²) in [4.78, 5) is 17.7. The first-order chi connectivity index (χ1) is 17.7. The van der Waals surface area contributed by atoms with Crippen molar-refractivity contribution in [3.63, 3.8) is 0 Å². The summed E-state index contributed by atoms with van der Waals surface area (Å²) in [5.41, 5.74) is 6.82. The lowest BCUT2D eigenvalue weighted by atomic mass is 9.97. The van der Waals surface area contributed by atoms with E-state index in [9.17, 15) is 23.2 Å². The Labute approximate surface area is 213 Å². The van der Waals surface area contributed by atoms with Crippen LogP contribution in [0.15, 0.2) is 66.0 Å². The highest BCUT2D eigenvalue weighted by molar-refractivity contribution is 7.12. The van der Waals surface area contributed by atoms with E-state index in [0.29, 0.717) is 21.7 Å². The molecule has 4 aromatic rings. The molecule has 37 heavy (non-hydrogen) atoms. The average molecular weight is 525 g/mol. The Bertz CT molecular complexity index is 1480. The largest absolute Gasteiger partial charge is 0.467 e. The number of amides is 1. The third kappa shape index (κ3) is 5.72. The number of aromatic nitrogens is 1. The molecule has 0 fully saturated rings. The molecule has 0 aliphatic carbocycles. The van der Waals surface area contributed by atoms with E-state index >= 15 is 0 Å². The molecule has 7 nitrogen and oxygen atoms in total. The maximum absolute atomic E-state index is 13.4. The van der Waals surface area contributed by atoms with Crippen molar-refractivity contribution < 1.29 is 27.4 Å². The second-order valence-electron chi connectivity index (χ2n) is 7.71. The Balaban J connectivity index is 1.94. The number of hydrogen-bond acceptors (Lipinski definition) is 7. The fraction of sp³-hybridized carbons (Fsp3) is 0.115. The topological polar surface area (TPSA) is 110 Å². The lowest BCUT2D eigenvalue weighted by Gasteiger charge is -2.17.